The van der Waals surface area contributed by atoms with Crippen molar-refractivity contribution in [2.24, 2.45) is 0 Å². The molecule has 2 aromatic carbocycles. The first-order chi connectivity index (χ1) is 13.2. The first kappa shape index (κ1) is 17.9. The molecule has 1 fully saturated rings. The Hall–Kier alpha value is -2.53. The molecule has 3 aromatic rings. The van der Waals surface area contributed by atoms with Crippen LogP contribution in [0.4, 0.5) is 0 Å². The minimum atomic E-state index is 0.259. The molecule has 2 atom stereocenters. The third-order valence-corrected chi connectivity index (χ3v) is 5.52. The molecule has 1 aliphatic carbocycles. The van der Waals surface area contributed by atoms with Crippen molar-refractivity contribution in [1.82, 2.24) is 15.5 Å². The van der Waals surface area contributed by atoms with Gasteiger partial charge in [0.15, 0.2) is 0 Å². The number of nitrogens with zero attached hydrogens (tertiary/aromatic N) is 1. The van der Waals surface area contributed by atoms with E-state index in [0.717, 1.165) is 47.4 Å². The van der Waals surface area contributed by atoms with Crippen LogP contribution in [0, 0.1) is 6.92 Å². The molecule has 0 saturated heterocycles. The van der Waals surface area contributed by atoms with Crippen molar-refractivity contribution in [1.29, 1.82) is 0 Å². The Balaban J connectivity index is 1.35. The summed E-state index contributed by atoms with van der Waals surface area (Å²) in [5.74, 6) is 1.87. The highest BCUT2D eigenvalue weighted by molar-refractivity contribution is 5.83. The molecular formula is C22H27N3O2. The minimum absolute atomic E-state index is 0.259. The summed E-state index contributed by atoms with van der Waals surface area (Å²) >= 11 is 0. The van der Waals surface area contributed by atoms with E-state index in [4.69, 9.17) is 9.47 Å². The molecule has 27 heavy (non-hydrogen) atoms. The van der Waals surface area contributed by atoms with E-state index in [2.05, 4.69) is 40.6 Å². The Morgan fingerprint density at radius 1 is 1.15 bits per heavy atom. The summed E-state index contributed by atoms with van der Waals surface area (Å²) in [7, 11) is 1.70. The molecule has 0 amide bonds. The zero-order valence-electron chi connectivity index (χ0n) is 16.0. The molecule has 5 heteroatoms. The monoisotopic (exact) mass is 365 g/mol. The zero-order valence-corrected chi connectivity index (χ0v) is 16.0. The lowest BCUT2D eigenvalue weighted by molar-refractivity contribution is 0.133. The maximum atomic E-state index is 6.38. The average Bonchev–Trinajstić information content (AvgIpc) is 3.19. The van der Waals surface area contributed by atoms with Crippen molar-refractivity contribution in [2.75, 3.05) is 7.11 Å². The number of rotatable bonds is 6. The Bertz CT molecular complexity index is 888. The van der Waals surface area contributed by atoms with Crippen LogP contribution in [0.25, 0.3) is 10.9 Å². The van der Waals surface area contributed by atoms with E-state index in [-0.39, 0.29) is 6.10 Å². The summed E-state index contributed by atoms with van der Waals surface area (Å²) in [5, 5.41) is 12.0. The molecule has 0 unspecified atom stereocenters. The van der Waals surface area contributed by atoms with Crippen molar-refractivity contribution in [2.45, 2.75) is 51.3 Å². The van der Waals surface area contributed by atoms with Gasteiger partial charge in [-0.1, -0.05) is 12.1 Å². The van der Waals surface area contributed by atoms with Crippen LogP contribution >= 0.6 is 0 Å². The fraction of sp³-hybridized carbons (Fsp3) is 0.409. The zero-order chi connectivity index (χ0) is 18.6. The molecule has 0 radical (unpaired) electrons. The van der Waals surface area contributed by atoms with E-state index in [1.807, 2.05) is 24.4 Å². The highest BCUT2D eigenvalue weighted by Crippen LogP contribution is 2.30. The van der Waals surface area contributed by atoms with Gasteiger partial charge in [-0.05, 0) is 62.4 Å². The molecular weight excluding hydrogens is 338 g/mol. The van der Waals surface area contributed by atoms with E-state index in [0.29, 0.717) is 6.04 Å². The predicted molar refractivity (Wildman–Crippen MR) is 107 cm³/mol. The molecule has 2 N–H and O–H groups in total. The number of aryl methyl sites for hydroxylation is 1. The van der Waals surface area contributed by atoms with Gasteiger partial charge in [0.05, 0.1) is 18.8 Å². The SMILES string of the molecule is COc1ccc(CN[C@H]2CCC[C@@H](Oc3ccc4[nH]ncc4c3C)C2)cc1. The topological polar surface area (TPSA) is 59.2 Å². The van der Waals surface area contributed by atoms with E-state index in [1.54, 1.807) is 7.11 Å². The van der Waals surface area contributed by atoms with E-state index in [1.165, 1.54) is 18.4 Å². The lowest BCUT2D eigenvalue weighted by atomic mass is 9.92. The molecule has 142 valence electrons. The molecule has 0 spiro atoms. The molecule has 0 bridgehead atoms. The van der Waals surface area contributed by atoms with Gasteiger partial charge in [-0.25, -0.2) is 0 Å². The third kappa shape index (κ3) is 4.08. The van der Waals surface area contributed by atoms with E-state index in [9.17, 15) is 0 Å². The second kappa shape index (κ2) is 8.01. The molecule has 1 saturated carbocycles. The Morgan fingerprint density at radius 2 is 2.00 bits per heavy atom. The van der Waals surface area contributed by atoms with Crippen molar-refractivity contribution < 1.29 is 9.47 Å². The Morgan fingerprint density at radius 3 is 2.81 bits per heavy atom. The van der Waals surface area contributed by atoms with Crippen LogP contribution < -0.4 is 14.8 Å². The van der Waals surface area contributed by atoms with Gasteiger partial charge >= 0.3 is 0 Å². The van der Waals surface area contributed by atoms with Gasteiger partial charge in [0.1, 0.15) is 17.6 Å². The van der Waals surface area contributed by atoms with E-state index < -0.39 is 0 Å². The summed E-state index contributed by atoms with van der Waals surface area (Å²) in [6.07, 6.45) is 6.68. The van der Waals surface area contributed by atoms with Gasteiger partial charge in [0, 0.05) is 23.5 Å². The van der Waals surface area contributed by atoms with Gasteiger partial charge in [0.25, 0.3) is 0 Å². The summed E-state index contributed by atoms with van der Waals surface area (Å²) in [6.45, 7) is 2.98. The highest BCUT2D eigenvalue weighted by atomic mass is 16.5. The smallest absolute Gasteiger partial charge is 0.123 e. The summed E-state index contributed by atoms with van der Waals surface area (Å²) < 4.78 is 11.6. The molecule has 1 aliphatic rings. The quantitative estimate of drug-likeness (QED) is 0.681. The predicted octanol–water partition coefficient (Wildman–Crippen LogP) is 4.36. The normalized spacial score (nSPS) is 19.9. The van der Waals surface area contributed by atoms with Gasteiger partial charge < -0.3 is 14.8 Å². The average molecular weight is 365 g/mol. The fourth-order valence-corrected chi connectivity index (χ4v) is 3.89. The number of fused-ring (bicyclic) bond motifs is 1. The highest BCUT2D eigenvalue weighted by Gasteiger charge is 2.23. The van der Waals surface area contributed by atoms with Crippen LogP contribution in [-0.4, -0.2) is 29.5 Å². The van der Waals surface area contributed by atoms with Gasteiger partial charge in [0.2, 0.25) is 0 Å². The van der Waals surface area contributed by atoms with Crippen LogP contribution in [0.5, 0.6) is 11.5 Å². The largest absolute Gasteiger partial charge is 0.497 e. The Labute approximate surface area is 160 Å². The minimum Gasteiger partial charge on any atom is -0.497 e. The lowest BCUT2D eigenvalue weighted by Gasteiger charge is -2.31. The number of H-pyrrole nitrogens is 1. The van der Waals surface area contributed by atoms with Crippen molar-refractivity contribution >= 4 is 10.9 Å². The molecule has 1 aromatic heterocycles. The Kier molecular flexibility index (Phi) is 5.30. The summed E-state index contributed by atoms with van der Waals surface area (Å²) in [4.78, 5) is 0. The van der Waals surface area contributed by atoms with Crippen LogP contribution in [-0.2, 0) is 6.54 Å². The maximum absolute atomic E-state index is 6.38. The number of methoxy groups -OCH3 is 1. The third-order valence-electron chi connectivity index (χ3n) is 5.52. The van der Waals surface area contributed by atoms with Crippen molar-refractivity contribution in [3.8, 4) is 11.5 Å². The molecule has 1 heterocycles. The lowest BCUT2D eigenvalue weighted by Crippen LogP contribution is -2.37. The first-order valence-electron chi connectivity index (χ1n) is 9.68. The number of hydrogen-bond donors (Lipinski definition) is 2. The van der Waals surface area contributed by atoms with E-state index >= 15 is 0 Å². The summed E-state index contributed by atoms with van der Waals surface area (Å²) in [5.41, 5.74) is 3.50. The molecule has 0 aliphatic heterocycles. The second-order valence-electron chi connectivity index (χ2n) is 7.35. The number of hydrogen-bond acceptors (Lipinski definition) is 4. The van der Waals surface area contributed by atoms with Crippen LogP contribution in [0.3, 0.4) is 0 Å². The fourth-order valence-electron chi connectivity index (χ4n) is 3.89. The number of benzene rings is 2. The van der Waals surface area contributed by atoms with Gasteiger partial charge in [-0.3, -0.25) is 5.10 Å². The van der Waals surface area contributed by atoms with Crippen molar-refractivity contribution in [3.63, 3.8) is 0 Å². The molecule has 5 nitrogen and oxygen atoms in total. The second-order valence-corrected chi connectivity index (χ2v) is 7.35. The first-order valence-corrected chi connectivity index (χ1v) is 9.68. The van der Waals surface area contributed by atoms with Gasteiger partial charge in [-0.15, -0.1) is 0 Å². The van der Waals surface area contributed by atoms with Crippen LogP contribution in [0.15, 0.2) is 42.6 Å². The number of nitrogens with one attached hydrogen (secondary N) is 2. The van der Waals surface area contributed by atoms with Gasteiger partial charge in [-0.2, -0.15) is 5.10 Å². The number of ether oxygens (including phenoxy) is 2. The van der Waals surface area contributed by atoms with Crippen LogP contribution in [0.1, 0.15) is 36.8 Å². The van der Waals surface area contributed by atoms with Crippen LogP contribution in [0.2, 0.25) is 0 Å². The van der Waals surface area contributed by atoms with Crippen molar-refractivity contribution in [3.05, 3.63) is 53.7 Å². The number of aromatic nitrogens is 2. The summed E-state index contributed by atoms with van der Waals surface area (Å²) in [6, 6.07) is 12.9. The maximum Gasteiger partial charge on any atom is 0.123 e. The molecule has 4 rings (SSSR count). The standard InChI is InChI=1S/C22H27N3O2/c1-15-20-14-24-25-21(20)10-11-22(15)27-19-5-3-4-17(12-19)23-13-16-6-8-18(26-2)9-7-16/h6-11,14,17,19,23H,3-5,12-13H2,1-2H3,(H,24,25)/t17-,19+/m0/s1. The number of aromatic amines is 1.